The SMILES string of the molecule is COc1cc2c(cc1C1CCC(=O)O1)OC(C)C2. The first-order chi connectivity index (χ1) is 8.67. The van der Waals surface area contributed by atoms with Crippen molar-refractivity contribution >= 4 is 5.97 Å². The minimum atomic E-state index is -0.197. The van der Waals surface area contributed by atoms with Crippen molar-refractivity contribution in [3.05, 3.63) is 23.3 Å². The second-order valence-electron chi connectivity index (χ2n) is 4.85. The monoisotopic (exact) mass is 248 g/mol. The number of hydrogen-bond donors (Lipinski definition) is 0. The zero-order chi connectivity index (χ0) is 12.7. The van der Waals surface area contributed by atoms with E-state index in [1.165, 1.54) is 0 Å². The molecule has 4 heteroatoms. The fourth-order valence-electron chi connectivity index (χ4n) is 2.63. The van der Waals surface area contributed by atoms with Crippen molar-refractivity contribution in [3.8, 4) is 11.5 Å². The molecule has 2 heterocycles. The normalized spacial score (nSPS) is 25.6. The molecule has 0 aliphatic carbocycles. The lowest BCUT2D eigenvalue weighted by molar-refractivity contribution is -0.141. The van der Waals surface area contributed by atoms with Crippen LogP contribution in [0.2, 0.25) is 0 Å². The number of carbonyl (C=O) groups is 1. The number of esters is 1. The Balaban J connectivity index is 1.98. The molecule has 1 aromatic rings. The van der Waals surface area contributed by atoms with Crippen molar-refractivity contribution in [2.45, 2.75) is 38.4 Å². The van der Waals surface area contributed by atoms with Crippen LogP contribution in [0.1, 0.15) is 37.0 Å². The van der Waals surface area contributed by atoms with Crippen LogP contribution in [0.5, 0.6) is 11.5 Å². The number of hydrogen-bond acceptors (Lipinski definition) is 4. The molecule has 96 valence electrons. The molecular formula is C14H16O4. The van der Waals surface area contributed by atoms with Gasteiger partial charge in [-0.3, -0.25) is 4.79 Å². The summed E-state index contributed by atoms with van der Waals surface area (Å²) in [5.74, 6) is 1.53. The number of benzene rings is 1. The highest BCUT2D eigenvalue weighted by Gasteiger charge is 2.30. The maximum absolute atomic E-state index is 11.2. The second-order valence-corrected chi connectivity index (χ2v) is 4.85. The quantitative estimate of drug-likeness (QED) is 0.754. The van der Waals surface area contributed by atoms with E-state index in [9.17, 15) is 4.79 Å². The highest BCUT2D eigenvalue weighted by molar-refractivity contribution is 5.72. The molecule has 18 heavy (non-hydrogen) atoms. The van der Waals surface area contributed by atoms with E-state index < -0.39 is 0 Å². The van der Waals surface area contributed by atoms with E-state index in [4.69, 9.17) is 14.2 Å². The van der Waals surface area contributed by atoms with E-state index in [0.717, 1.165) is 29.0 Å². The lowest BCUT2D eigenvalue weighted by Crippen LogP contribution is -2.05. The molecule has 0 radical (unpaired) electrons. The number of methoxy groups -OCH3 is 1. The molecule has 4 nitrogen and oxygen atoms in total. The third-order valence-electron chi connectivity index (χ3n) is 3.48. The van der Waals surface area contributed by atoms with Gasteiger partial charge in [-0.1, -0.05) is 0 Å². The van der Waals surface area contributed by atoms with Gasteiger partial charge in [0.25, 0.3) is 0 Å². The molecule has 0 spiro atoms. The Morgan fingerprint density at radius 2 is 2.17 bits per heavy atom. The van der Waals surface area contributed by atoms with Crippen LogP contribution < -0.4 is 9.47 Å². The molecule has 2 aliphatic heterocycles. The van der Waals surface area contributed by atoms with Crippen LogP contribution in [0.15, 0.2) is 12.1 Å². The third-order valence-corrected chi connectivity index (χ3v) is 3.48. The highest BCUT2D eigenvalue weighted by Crippen LogP contribution is 2.41. The van der Waals surface area contributed by atoms with Gasteiger partial charge in [0.05, 0.1) is 7.11 Å². The Kier molecular flexibility index (Phi) is 2.65. The average Bonchev–Trinajstić information content (AvgIpc) is 2.91. The van der Waals surface area contributed by atoms with Crippen molar-refractivity contribution < 1.29 is 19.0 Å². The number of ether oxygens (including phenoxy) is 3. The summed E-state index contributed by atoms with van der Waals surface area (Å²) in [5.41, 5.74) is 2.07. The lowest BCUT2D eigenvalue weighted by Gasteiger charge is -2.15. The predicted molar refractivity (Wildman–Crippen MR) is 64.9 cm³/mol. The summed E-state index contributed by atoms with van der Waals surface area (Å²) >= 11 is 0. The summed E-state index contributed by atoms with van der Waals surface area (Å²) < 4.78 is 16.4. The van der Waals surface area contributed by atoms with Gasteiger partial charge in [-0.05, 0) is 25.5 Å². The molecule has 0 bridgehead atoms. The van der Waals surface area contributed by atoms with Crippen molar-refractivity contribution in [2.75, 3.05) is 7.11 Å². The van der Waals surface area contributed by atoms with E-state index in [-0.39, 0.29) is 18.2 Å². The molecule has 0 aromatic heterocycles. The number of rotatable bonds is 2. The Morgan fingerprint density at radius 1 is 1.33 bits per heavy atom. The molecular weight excluding hydrogens is 232 g/mol. The molecule has 1 saturated heterocycles. The highest BCUT2D eigenvalue weighted by atomic mass is 16.6. The van der Waals surface area contributed by atoms with Crippen LogP contribution in [-0.2, 0) is 16.0 Å². The zero-order valence-electron chi connectivity index (χ0n) is 10.6. The van der Waals surface area contributed by atoms with E-state index in [0.29, 0.717) is 12.8 Å². The van der Waals surface area contributed by atoms with Crippen molar-refractivity contribution in [1.29, 1.82) is 0 Å². The maximum Gasteiger partial charge on any atom is 0.306 e. The van der Waals surface area contributed by atoms with Crippen molar-refractivity contribution in [2.24, 2.45) is 0 Å². The molecule has 3 rings (SSSR count). The summed E-state index contributed by atoms with van der Waals surface area (Å²) in [6.45, 7) is 2.04. The van der Waals surface area contributed by atoms with E-state index in [2.05, 4.69) is 0 Å². The Labute approximate surface area is 106 Å². The number of fused-ring (bicyclic) bond motifs is 1. The molecule has 0 N–H and O–H groups in total. The zero-order valence-corrected chi connectivity index (χ0v) is 10.6. The third kappa shape index (κ3) is 1.82. The second kappa shape index (κ2) is 4.19. The van der Waals surface area contributed by atoms with Gasteiger partial charge in [0, 0.05) is 24.0 Å². The van der Waals surface area contributed by atoms with Crippen LogP contribution in [0, 0.1) is 0 Å². The first kappa shape index (κ1) is 11.4. The summed E-state index contributed by atoms with van der Waals surface area (Å²) in [6, 6.07) is 3.96. The minimum absolute atomic E-state index is 0.142. The lowest BCUT2D eigenvalue weighted by atomic mass is 10.0. The van der Waals surface area contributed by atoms with Crippen LogP contribution >= 0.6 is 0 Å². The molecule has 2 unspecified atom stereocenters. The van der Waals surface area contributed by atoms with Crippen LogP contribution in [-0.4, -0.2) is 19.2 Å². The predicted octanol–water partition coefficient (Wildman–Crippen LogP) is 2.40. The van der Waals surface area contributed by atoms with Gasteiger partial charge in [0.1, 0.15) is 23.7 Å². The van der Waals surface area contributed by atoms with Gasteiger partial charge in [0.15, 0.2) is 0 Å². The number of carbonyl (C=O) groups excluding carboxylic acids is 1. The van der Waals surface area contributed by atoms with Gasteiger partial charge in [-0.2, -0.15) is 0 Å². The Hall–Kier alpha value is -1.71. The smallest absolute Gasteiger partial charge is 0.306 e. The van der Waals surface area contributed by atoms with E-state index >= 15 is 0 Å². The number of cyclic esters (lactones) is 1. The van der Waals surface area contributed by atoms with Crippen molar-refractivity contribution in [3.63, 3.8) is 0 Å². The minimum Gasteiger partial charge on any atom is -0.496 e. The fraction of sp³-hybridized carbons (Fsp3) is 0.500. The largest absolute Gasteiger partial charge is 0.496 e. The van der Waals surface area contributed by atoms with Crippen molar-refractivity contribution in [1.82, 2.24) is 0 Å². The Bertz CT molecular complexity index is 495. The molecule has 1 fully saturated rings. The fourth-order valence-corrected chi connectivity index (χ4v) is 2.63. The average molecular weight is 248 g/mol. The summed E-state index contributed by atoms with van der Waals surface area (Å²) in [7, 11) is 1.64. The van der Waals surface area contributed by atoms with E-state index in [1.54, 1.807) is 7.11 Å². The van der Waals surface area contributed by atoms with Gasteiger partial charge in [0.2, 0.25) is 0 Å². The standard InChI is InChI=1S/C14H16O4/c1-8-5-9-6-13(16-2)10(7-12(9)17-8)11-3-4-14(15)18-11/h6-8,11H,3-5H2,1-2H3. The molecule has 1 aromatic carbocycles. The molecule has 0 amide bonds. The van der Waals surface area contributed by atoms with Crippen LogP contribution in [0.25, 0.3) is 0 Å². The summed E-state index contributed by atoms with van der Waals surface area (Å²) in [5, 5.41) is 0. The van der Waals surface area contributed by atoms with Gasteiger partial charge >= 0.3 is 5.97 Å². The van der Waals surface area contributed by atoms with Gasteiger partial charge in [-0.15, -0.1) is 0 Å². The van der Waals surface area contributed by atoms with Crippen LogP contribution in [0.3, 0.4) is 0 Å². The van der Waals surface area contributed by atoms with Crippen LogP contribution in [0.4, 0.5) is 0 Å². The van der Waals surface area contributed by atoms with E-state index in [1.807, 2.05) is 19.1 Å². The first-order valence-electron chi connectivity index (χ1n) is 6.24. The Morgan fingerprint density at radius 3 is 2.83 bits per heavy atom. The molecule has 0 saturated carbocycles. The topological polar surface area (TPSA) is 44.8 Å². The summed E-state index contributed by atoms with van der Waals surface area (Å²) in [4.78, 5) is 11.2. The molecule has 2 atom stereocenters. The van der Waals surface area contributed by atoms with Gasteiger partial charge < -0.3 is 14.2 Å². The maximum atomic E-state index is 11.2. The van der Waals surface area contributed by atoms with Gasteiger partial charge in [-0.25, -0.2) is 0 Å². The molecule has 2 aliphatic rings. The first-order valence-corrected chi connectivity index (χ1v) is 6.24. The summed E-state index contributed by atoms with van der Waals surface area (Å²) in [6.07, 6.45) is 2.09.